The summed E-state index contributed by atoms with van der Waals surface area (Å²) in [5, 5.41) is 9.16. The second-order valence-electron chi connectivity index (χ2n) is 5.99. The molecule has 0 spiro atoms. The maximum absolute atomic E-state index is 11.9. The minimum absolute atomic E-state index is 0.0130. The molecule has 18 heavy (non-hydrogen) atoms. The van der Waals surface area contributed by atoms with Crippen LogP contribution in [0.2, 0.25) is 0 Å². The van der Waals surface area contributed by atoms with Gasteiger partial charge in [-0.05, 0) is 16.5 Å². The topological polar surface area (TPSA) is 40.9 Å². The third-order valence-corrected chi connectivity index (χ3v) is 3.09. The molecular formula is C16H21NO. The molecule has 0 heterocycles. The lowest BCUT2D eigenvalue weighted by Gasteiger charge is -2.20. The maximum atomic E-state index is 11.9. The normalized spacial score (nSPS) is 13.2. The molecule has 0 fully saturated rings. The van der Waals surface area contributed by atoms with Gasteiger partial charge in [-0.3, -0.25) is 4.79 Å². The van der Waals surface area contributed by atoms with Crippen molar-refractivity contribution in [3.05, 3.63) is 35.4 Å². The zero-order chi connectivity index (χ0) is 13.9. The zero-order valence-corrected chi connectivity index (χ0v) is 11.8. The van der Waals surface area contributed by atoms with Gasteiger partial charge in [-0.2, -0.15) is 5.26 Å². The van der Waals surface area contributed by atoms with Gasteiger partial charge in [-0.15, -0.1) is 0 Å². The first-order valence-electron chi connectivity index (χ1n) is 6.31. The van der Waals surface area contributed by atoms with Crippen LogP contribution in [0.5, 0.6) is 0 Å². The highest BCUT2D eigenvalue weighted by atomic mass is 16.1. The van der Waals surface area contributed by atoms with Gasteiger partial charge >= 0.3 is 0 Å². The number of benzene rings is 1. The highest BCUT2D eigenvalue weighted by molar-refractivity contribution is 5.89. The SMILES string of the molecule is CC(C)C(=O)[C@H](C#N)c1ccc(C(C)(C)C)cc1. The van der Waals surface area contributed by atoms with Crippen LogP contribution in [0.15, 0.2) is 24.3 Å². The Hall–Kier alpha value is -1.62. The van der Waals surface area contributed by atoms with E-state index >= 15 is 0 Å². The number of rotatable bonds is 3. The maximum Gasteiger partial charge on any atom is 0.156 e. The Labute approximate surface area is 110 Å². The zero-order valence-electron chi connectivity index (χ0n) is 11.8. The molecule has 0 radical (unpaired) electrons. The van der Waals surface area contributed by atoms with Crippen molar-refractivity contribution in [2.45, 2.75) is 46.0 Å². The van der Waals surface area contributed by atoms with Crippen molar-refractivity contribution in [1.82, 2.24) is 0 Å². The molecule has 0 saturated carbocycles. The summed E-state index contributed by atoms with van der Waals surface area (Å²) in [5.74, 6) is -0.767. The minimum Gasteiger partial charge on any atom is -0.298 e. The number of carbonyl (C=O) groups excluding carboxylic acids is 1. The van der Waals surface area contributed by atoms with E-state index in [9.17, 15) is 4.79 Å². The van der Waals surface area contributed by atoms with E-state index < -0.39 is 5.92 Å². The Kier molecular flexibility index (Phi) is 4.29. The van der Waals surface area contributed by atoms with Crippen molar-refractivity contribution in [3.8, 4) is 6.07 Å². The Morgan fingerprint density at radius 1 is 1.17 bits per heavy atom. The number of Topliss-reactive ketones (excluding diaryl/α,β-unsaturated/α-hetero) is 1. The van der Waals surface area contributed by atoms with Crippen LogP contribution in [0.1, 0.15) is 51.7 Å². The molecule has 0 unspecified atom stereocenters. The molecule has 0 aliphatic rings. The van der Waals surface area contributed by atoms with Crippen molar-refractivity contribution in [2.24, 2.45) is 5.92 Å². The first-order chi connectivity index (χ1) is 8.27. The van der Waals surface area contributed by atoms with Crippen LogP contribution in [-0.2, 0) is 10.2 Å². The van der Waals surface area contributed by atoms with Gasteiger partial charge in [-0.1, -0.05) is 58.9 Å². The molecule has 0 aliphatic carbocycles. The van der Waals surface area contributed by atoms with E-state index in [1.165, 1.54) is 5.56 Å². The van der Waals surface area contributed by atoms with Crippen LogP contribution >= 0.6 is 0 Å². The summed E-state index contributed by atoms with van der Waals surface area (Å²) >= 11 is 0. The number of nitrogens with zero attached hydrogens (tertiary/aromatic N) is 1. The molecule has 0 aromatic heterocycles. The van der Waals surface area contributed by atoms with Crippen LogP contribution in [-0.4, -0.2) is 5.78 Å². The molecule has 0 bridgehead atoms. The second kappa shape index (κ2) is 5.35. The van der Waals surface area contributed by atoms with Gasteiger partial charge in [0.05, 0.1) is 6.07 Å². The summed E-state index contributed by atoms with van der Waals surface area (Å²) in [6.07, 6.45) is 0. The molecule has 1 rings (SSSR count). The van der Waals surface area contributed by atoms with E-state index in [0.717, 1.165) is 5.56 Å². The van der Waals surface area contributed by atoms with E-state index in [1.807, 2.05) is 38.1 Å². The second-order valence-corrected chi connectivity index (χ2v) is 5.99. The number of carbonyl (C=O) groups is 1. The summed E-state index contributed by atoms with van der Waals surface area (Å²) < 4.78 is 0. The molecule has 0 aliphatic heterocycles. The molecule has 1 aromatic rings. The molecular weight excluding hydrogens is 222 g/mol. The van der Waals surface area contributed by atoms with Crippen LogP contribution in [0.25, 0.3) is 0 Å². The molecule has 1 atom stereocenters. The first kappa shape index (κ1) is 14.4. The van der Waals surface area contributed by atoms with Gasteiger partial charge in [0.15, 0.2) is 5.78 Å². The van der Waals surface area contributed by atoms with Crippen molar-refractivity contribution in [2.75, 3.05) is 0 Å². The molecule has 0 amide bonds. The molecule has 2 nitrogen and oxygen atoms in total. The van der Waals surface area contributed by atoms with Crippen molar-refractivity contribution in [3.63, 3.8) is 0 Å². The van der Waals surface area contributed by atoms with Crippen LogP contribution in [0.3, 0.4) is 0 Å². The Bertz CT molecular complexity index is 457. The summed E-state index contributed by atoms with van der Waals surface area (Å²) in [6, 6.07) is 9.92. The largest absolute Gasteiger partial charge is 0.298 e. The monoisotopic (exact) mass is 243 g/mol. The van der Waals surface area contributed by atoms with Gasteiger partial charge in [0.2, 0.25) is 0 Å². The quantitative estimate of drug-likeness (QED) is 0.809. The lowest BCUT2D eigenvalue weighted by Crippen LogP contribution is -2.17. The third kappa shape index (κ3) is 3.20. The van der Waals surface area contributed by atoms with E-state index in [4.69, 9.17) is 5.26 Å². The van der Waals surface area contributed by atoms with Gasteiger partial charge in [-0.25, -0.2) is 0 Å². The fourth-order valence-corrected chi connectivity index (χ4v) is 1.81. The fourth-order valence-electron chi connectivity index (χ4n) is 1.81. The van der Waals surface area contributed by atoms with Crippen molar-refractivity contribution < 1.29 is 4.79 Å². The van der Waals surface area contributed by atoms with Gasteiger partial charge in [0, 0.05) is 5.92 Å². The Morgan fingerprint density at radius 2 is 1.67 bits per heavy atom. The predicted octanol–water partition coefficient (Wildman–Crippen LogP) is 3.82. The first-order valence-corrected chi connectivity index (χ1v) is 6.31. The smallest absolute Gasteiger partial charge is 0.156 e. The highest BCUT2D eigenvalue weighted by Crippen LogP contribution is 2.25. The predicted molar refractivity (Wildman–Crippen MR) is 73.3 cm³/mol. The van der Waals surface area contributed by atoms with Gasteiger partial charge in [0.1, 0.15) is 5.92 Å². The summed E-state index contributed by atoms with van der Waals surface area (Å²) in [4.78, 5) is 11.9. The van der Waals surface area contributed by atoms with Crippen LogP contribution in [0, 0.1) is 17.2 Å². The third-order valence-electron chi connectivity index (χ3n) is 3.09. The Morgan fingerprint density at radius 3 is 2.00 bits per heavy atom. The van der Waals surface area contributed by atoms with Crippen molar-refractivity contribution in [1.29, 1.82) is 5.26 Å². The van der Waals surface area contributed by atoms with E-state index in [1.54, 1.807) is 0 Å². The minimum atomic E-state index is -0.640. The molecule has 1 aromatic carbocycles. The molecule has 96 valence electrons. The van der Waals surface area contributed by atoms with E-state index in [-0.39, 0.29) is 17.1 Å². The average Bonchev–Trinajstić information content (AvgIpc) is 2.29. The number of ketones is 1. The summed E-state index contributed by atoms with van der Waals surface area (Å²) in [7, 11) is 0. The van der Waals surface area contributed by atoms with Crippen LogP contribution < -0.4 is 0 Å². The van der Waals surface area contributed by atoms with Crippen LogP contribution in [0.4, 0.5) is 0 Å². The lowest BCUT2D eigenvalue weighted by molar-refractivity contribution is -0.122. The van der Waals surface area contributed by atoms with E-state index in [2.05, 4.69) is 26.8 Å². The average molecular weight is 243 g/mol. The lowest BCUT2D eigenvalue weighted by atomic mass is 9.84. The van der Waals surface area contributed by atoms with E-state index in [0.29, 0.717) is 0 Å². The van der Waals surface area contributed by atoms with Gasteiger partial charge < -0.3 is 0 Å². The standard InChI is InChI=1S/C16H21NO/c1-11(2)15(18)14(10-17)12-6-8-13(9-7-12)16(3,4)5/h6-9,11,14H,1-5H3/t14-/m1/s1. The highest BCUT2D eigenvalue weighted by Gasteiger charge is 2.23. The number of hydrogen-bond donors (Lipinski definition) is 0. The van der Waals surface area contributed by atoms with Gasteiger partial charge in [0.25, 0.3) is 0 Å². The molecule has 0 saturated heterocycles. The molecule has 2 heteroatoms. The molecule has 0 N–H and O–H groups in total. The van der Waals surface area contributed by atoms with Crippen molar-refractivity contribution >= 4 is 5.78 Å². The summed E-state index contributed by atoms with van der Waals surface area (Å²) in [5.41, 5.74) is 2.09. The summed E-state index contributed by atoms with van der Waals surface area (Å²) in [6.45, 7) is 10.1. The number of hydrogen-bond acceptors (Lipinski definition) is 2. The Balaban J connectivity index is 3.04. The number of nitriles is 1. The fraction of sp³-hybridized carbons (Fsp3) is 0.500.